The fourth-order valence-electron chi connectivity index (χ4n) is 2.12. The van der Waals surface area contributed by atoms with Gasteiger partial charge in [-0.2, -0.15) is 4.98 Å². The maximum atomic E-state index is 5.97. The normalized spacial score (nSPS) is 12.6. The van der Waals surface area contributed by atoms with Crippen LogP contribution in [0.25, 0.3) is 11.4 Å². The van der Waals surface area contributed by atoms with Gasteiger partial charge < -0.3 is 10.3 Å². The van der Waals surface area contributed by atoms with Gasteiger partial charge in [-0.1, -0.05) is 18.5 Å². The number of nitrogens with zero attached hydrogens (tertiary/aromatic N) is 3. The molecule has 2 rings (SSSR count). The molecular weight excluding hydrogens is 240 g/mol. The first kappa shape index (κ1) is 13.7. The SMILES string of the molecule is CCCC(N)Cc1nc(-c2cc(C)nc(C)c2)no1. The first-order valence-corrected chi connectivity index (χ1v) is 6.62. The summed E-state index contributed by atoms with van der Waals surface area (Å²) in [5, 5.41) is 4.01. The fraction of sp³-hybridized carbons (Fsp3) is 0.500. The van der Waals surface area contributed by atoms with Crippen LogP contribution in [0, 0.1) is 13.8 Å². The minimum atomic E-state index is 0.0826. The van der Waals surface area contributed by atoms with Gasteiger partial charge in [-0.3, -0.25) is 4.98 Å². The van der Waals surface area contributed by atoms with Crippen LogP contribution in [0.2, 0.25) is 0 Å². The Morgan fingerprint density at radius 2 is 1.89 bits per heavy atom. The molecule has 2 heterocycles. The number of hydrogen-bond acceptors (Lipinski definition) is 5. The predicted octanol–water partition coefficient (Wildman–Crippen LogP) is 2.42. The smallest absolute Gasteiger partial charge is 0.228 e. The molecule has 0 aliphatic heterocycles. The third-order valence-electron chi connectivity index (χ3n) is 2.90. The molecule has 0 bridgehead atoms. The molecule has 0 aliphatic carbocycles. The summed E-state index contributed by atoms with van der Waals surface area (Å²) in [5.74, 6) is 1.20. The molecular formula is C14H20N4O. The zero-order valence-electron chi connectivity index (χ0n) is 11.7. The molecule has 0 aromatic carbocycles. The van der Waals surface area contributed by atoms with Crippen LogP contribution in [-0.2, 0) is 6.42 Å². The van der Waals surface area contributed by atoms with Gasteiger partial charge in [-0.15, -0.1) is 0 Å². The number of aryl methyl sites for hydroxylation is 2. The van der Waals surface area contributed by atoms with E-state index in [1.165, 1.54) is 0 Å². The third kappa shape index (κ3) is 3.61. The van der Waals surface area contributed by atoms with Crippen molar-refractivity contribution in [2.45, 2.75) is 46.1 Å². The lowest BCUT2D eigenvalue weighted by molar-refractivity contribution is 0.366. The van der Waals surface area contributed by atoms with Crippen molar-refractivity contribution in [1.82, 2.24) is 15.1 Å². The topological polar surface area (TPSA) is 77.8 Å². The maximum absolute atomic E-state index is 5.97. The molecule has 5 heteroatoms. The van der Waals surface area contributed by atoms with E-state index in [9.17, 15) is 0 Å². The molecule has 19 heavy (non-hydrogen) atoms. The van der Waals surface area contributed by atoms with Crippen molar-refractivity contribution in [3.05, 3.63) is 29.4 Å². The molecule has 0 radical (unpaired) electrons. The van der Waals surface area contributed by atoms with Crippen molar-refractivity contribution in [3.8, 4) is 11.4 Å². The summed E-state index contributed by atoms with van der Waals surface area (Å²) in [6.07, 6.45) is 2.65. The molecule has 102 valence electrons. The van der Waals surface area contributed by atoms with E-state index in [4.69, 9.17) is 10.3 Å². The maximum Gasteiger partial charge on any atom is 0.228 e. The highest BCUT2D eigenvalue weighted by atomic mass is 16.5. The lowest BCUT2D eigenvalue weighted by atomic mass is 10.1. The van der Waals surface area contributed by atoms with Crippen molar-refractivity contribution in [3.63, 3.8) is 0 Å². The fourth-order valence-corrected chi connectivity index (χ4v) is 2.12. The lowest BCUT2D eigenvalue weighted by Gasteiger charge is -2.05. The monoisotopic (exact) mass is 260 g/mol. The van der Waals surface area contributed by atoms with Crippen molar-refractivity contribution in [1.29, 1.82) is 0 Å². The quantitative estimate of drug-likeness (QED) is 0.893. The van der Waals surface area contributed by atoms with Gasteiger partial charge in [0, 0.05) is 29.4 Å². The van der Waals surface area contributed by atoms with Crippen LogP contribution in [0.3, 0.4) is 0 Å². The molecule has 0 saturated heterocycles. The van der Waals surface area contributed by atoms with Crippen molar-refractivity contribution in [2.24, 2.45) is 5.73 Å². The van der Waals surface area contributed by atoms with E-state index in [-0.39, 0.29) is 6.04 Å². The van der Waals surface area contributed by atoms with E-state index in [0.29, 0.717) is 18.1 Å². The Bertz CT molecular complexity index is 530. The molecule has 0 saturated carbocycles. The van der Waals surface area contributed by atoms with Gasteiger partial charge in [0.1, 0.15) is 0 Å². The molecule has 0 spiro atoms. The van der Waals surface area contributed by atoms with Crippen molar-refractivity contribution < 1.29 is 4.52 Å². The predicted molar refractivity (Wildman–Crippen MR) is 73.6 cm³/mol. The summed E-state index contributed by atoms with van der Waals surface area (Å²) in [5.41, 5.74) is 8.81. The molecule has 0 aliphatic rings. The van der Waals surface area contributed by atoms with E-state index in [1.807, 2.05) is 26.0 Å². The van der Waals surface area contributed by atoms with E-state index < -0.39 is 0 Å². The number of aromatic nitrogens is 3. The van der Waals surface area contributed by atoms with Gasteiger partial charge >= 0.3 is 0 Å². The average Bonchev–Trinajstić information content (AvgIpc) is 2.76. The van der Waals surface area contributed by atoms with Gasteiger partial charge in [0.05, 0.1) is 0 Å². The molecule has 1 unspecified atom stereocenters. The van der Waals surface area contributed by atoms with Gasteiger partial charge in [-0.25, -0.2) is 0 Å². The van der Waals surface area contributed by atoms with E-state index >= 15 is 0 Å². The summed E-state index contributed by atoms with van der Waals surface area (Å²) in [6, 6.07) is 3.99. The Balaban J connectivity index is 2.16. The van der Waals surface area contributed by atoms with Gasteiger partial charge in [0.2, 0.25) is 11.7 Å². The number of rotatable bonds is 5. The lowest BCUT2D eigenvalue weighted by Crippen LogP contribution is -2.22. The summed E-state index contributed by atoms with van der Waals surface area (Å²) >= 11 is 0. The molecule has 0 amide bonds. The highest BCUT2D eigenvalue weighted by Crippen LogP contribution is 2.18. The molecule has 2 aromatic heterocycles. The summed E-state index contributed by atoms with van der Waals surface area (Å²) in [7, 11) is 0. The van der Waals surface area contributed by atoms with Crippen LogP contribution in [-0.4, -0.2) is 21.2 Å². The number of nitrogens with two attached hydrogens (primary N) is 1. The largest absolute Gasteiger partial charge is 0.339 e. The Labute approximate surface area is 113 Å². The summed E-state index contributed by atoms with van der Waals surface area (Å²) < 4.78 is 5.25. The van der Waals surface area contributed by atoms with Crippen LogP contribution >= 0.6 is 0 Å². The molecule has 0 fully saturated rings. The van der Waals surface area contributed by atoms with Gasteiger partial charge in [-0.05, 0) is 32.4 Å². The van der Waals surface area contributed by atoms with E-state index in [1.54, 1.807) is 0 Å². The third-order valence-corrected chi connectivity index (χ3v) is 2.90. The van der Waals surface area contributed by atoms with Gasteiger partial charge in [0.25, 0.3) is 0 Å². The molecule has 1 atom stereocenters. The standard InChI is InChI=1S/C14H20N4O/c1-4-5-12(15)8-13-17-14(18-19-13)11-6-9(2)16-10(3)7-11/h6-7,12H,4-5,8,15H2,1-3H3. The van der Waals surface area contributed by atoms with E-state index in [0.717, 1.165) is 29.8 Å². The first-order valence-electron chi connectivity index (χ1n) is 6.62. The number of pyridine rings is 1. The highest BCUT2D eigenvalue weighted by molar-refractivity contribution is 5.55. The zero-order chi connectivity index (χ0) is 13.8. The molecule has 5 nitrogen and oxygen atoms in total. The second-order valence-electron chi connectivity index (χ2n) is 4.90. The zero-order valence-corrected chi connectivity index (χ0v) is 11.7. The Morgan fingerprint density at radius 1 is 1.21 bits per heavy atom. The van der Waals surface area contributed by atoms with Crippen LogP contribution in [0.5, 0.6) is 0 Å². The Morgan fingerprint density at radius 3 is 2.53 bits per heavy atom. The first-order chi connectivity index (χ1) is 9.08. The minimum Gasteiger partial charge on any atom is -0.339 e. The number of hydrogen-bond donors (Lipinski definition) is 1. The van der Waals surface area contributed by atoms with Crippen LogP contribution < -0.4 is 5.73 Å². The summed E-state index contributed by atoms with van der Waals surface area (Å²) in [6.45, 7) is 6.02. The van der Waals surface area contributed by atoms with Crippen molar-refractivity contribution in [2.75, 3.05) is 0 Å². The van der Waals surface area contributed by atoms with Crippen LogP contribution in [0.15, 0.2) is 16.7 Å². The van der Waals surface area contributed by atoms with Crippen LogP contribution in [0.1, 0.15) is 37.0 Å². The Kier molecular flexibility index (Phi) is 4.27. The van der Waals surface area contributed by atoms with Crippen LogP contribution in [0.4, 0.5) is 0 Å². The average molecular weight is 260 g/mol. The Hall–Kier alpha value is -1.75. The van der Waals surface area contributed by atoms with Gasteiger partial charge in [0.15, 0.2) is 0 Å². The highest BCUT2D eigenvalue weighted by Gasteiger charge is 2.12. The second kappa shape index (κ2) is 5.93. The van der Waals surface area contributed by atoms with Crippen molar-refractivity contribution >= 4 is 0 Å². The summed E-state index contributed by atoms with van der Waals surface area (Å²) in [4.78, 5) is 8.73. The molecule has 2 N–H and O–H groups in total. The van der Waals surface area contributed by atoms with E-state index in [2.05, 4.69) is 22.0 Å². The molecule has 2 aromatic rings. The minimum absolute atomic E-state index is 0.0826. The second-order valence-corrected chi connectivity index (χ2v) is 4.90.